The third-order valence-electron chi connectivity index (χ3n) is 12.5. The summed E-state index contributed by atoms with van der Waals surface area (Å²) in [5.41, 5.74) is 6.45. The third kappa shape index (κ3) is 10.7. The Bertz CT molecular complexity index is 1440. The van der Waals surface area contributed by atoms with E-state index in [0.29, 0.717) is 52.9 Å². The van der Waals surface area contributed by atoms with Crippen LogP contribution < -0.4 is 0 Å². The summed E-state index contributed by atoms with van der Waals surface area (Å²) in [5.74, 6) is -0.121. The fourth-order valence-electron chi connectivity index (χ4n) is 9.84. The van der Waals surface area contributed by atoms with Gasteiger partial charge in [0.25, 0.3) is 0 Å². The van der Waals surface area contributed by atoms with E-state index in [1.807, 2.05) is 18.2 Å². The van der Waals surface area contributed by atoms with Crippen LogP contribution in [-0.2, 0) is 19.2 Å². The Morgan fingerprint density at radius 1 is 0.564 bits per heavy atom. The van der Waals surface area contributed by atoms with Gasteiger partial charge in [-0.2, -0.15) is 0 Å². The van der Waals surface area contributed by atoms with Gasteiger partial charge in [-0.3, -0.25) is 0 Å². The molecular formula is C49H76O4Si2. The maximum absolute atomic E-state index is 11.9. The summed E-state index contributed by atoms with van der Waals surface area (Å²) in [6.45, 7) is 33.4. The van der Waals surface area contributed by atoms with E-state index >= 15 is 0 Å². The SMILES string of the molecule is C/C(=C/CO[Si](C(C)C)(C(C)C)C(C)C)[C@H](O[Si](C(C)C)(C(C)C)C(C)C)[C@@H](C)[C@@H](O)C/C=C/COC(c1ccccc1)(c1ccccc1)c1ccccc1. The highest BCUT2D eigenvalue weighted by Crippen LogP contribution is 2.46. The van der Waals surface area contributed by atoms with Crippen molar-refractivity contribution in [3.8, 4) is 0 Å². The monoisotopic (exact) mass is 785 g/mol. The smallest absolute Gasteiger partial charge is 0.201 e. The molecule has 0 unspecified atom stereocenters. The molecule has 0 aromatic heterocycles. The van der Waals surface area contributed by atoms with E-state index in [9.17, 15) is 5.11 Å². The number of hydrogen-bond donors (Lipinski definition) is 1. The van der Waals surface area contributed by atoms with Crippen molar-refractivity contribution in [2.75, 3.05) is 13.2 Å². The average molecular weight is 785 g/mol. The molecule has 1 N–H and O–H groups in total. The molecule has 304 valence electrons. The van der Waals surface area contributed by atoms with E-state index in [2.05, 4.69) is 188 Å². The molecule has 3 rings (SSSR count). The number of hydrogen-bond acceptors (Lipinski definition) is 4. The van der Waals surface area contributed by atoms with E-state index in [0.717, 1.165) is 22.3 Å². The van der Waals surface area contributed by atoms with Crippen LogP contribution in [-0.4, -0.2) is 47.2 Å². The summed E-state index contributed by atoms with van der Waals surface area (Å²) in [7, 11) is -4.31. The number of ether oxygens (including phenoxy) is 1. The molecule has 0 aliphatic rings. The van der Waals surface area contributed by atoms with E-state index < -0.39 is 28.3 Å². The normalized spacial score (nSPS) is 15.3. The van der Waals surface area contributed by atoms with Crippen molar-refractivity contribution < 1.29 is 18.7 Å². The second-order valence-electron chi connectivity index (χ2n) is 17.7. The molecule has 55 heavy (non-hydrogen) atoms. The predicted molar refractivity (Wildman–Crippen MR) is 241 cm³/mol. The number of aliphatic hydroxyl groups excluding tert-OH is 1. The summed E-state index contributed by atoms with van der Waals surface area (Å²) in [5, 5.41) is 11.9. The molecule has 0 spiro atoms. The molecule has 3 aromatic rings. The minimum Gasteiger partial charge on any atom is -0.412 e. The van der Waals surface area contributed by atoms with Crippen molar-refractivity contribution in [1.82, 2.24) is 0 Å². The van der Waals surface area contributed by atoms with Gasteiger partial charge in [0.15, 0.2) is 0 Å². The Hall–Kier alpha value is -2.59. The van der Waals surface area contributed by atoms with Crippen LogP contribution in [0.3, 0.4) is 0 Å². The molecule has 0 radical (unpaired) electrons. The van der Waals surface area contributed by atoms with Crippen molar-refractivity contribution in [2.45, 2.75) is 154 Å². The average Bonchev–Trinajstić information content (AvgIpc) is 3.15. The molecule has 0 aliphatic carbocycles. The molecule has 3 aromatic carbocycles. The summed E-state index contributed by atoms with van der Waals surface area (Å²) < 4.78 is 21.5. The Kier molecular flexibility index (Phi) is 18.1. The first-order valence-electron chi connectivity index (χ1n) is 21.1. The fraction of sp³-hybridized carbons (Fsp3) is 0.551. The lowest BCUT2D eigenvalue weighted by molar-refractivity contribution is 0.0310. The highest BCUT2D eigenvalue weighted by molar-refractivity contribution is 6.78. The molecule has 0 heterocycles. The van der Waals surface area contributed by atoms with Crippen molar-refractivity contribution >= 4 is 16.6 Å². The van der Waals surface area contributed by atoms with Gasteiger partial charge < -0.3 is 18.7 Å². The quantitative estimate of drug-likeness (QED) is 0.0626. The highest BCUT2D eigenvalue weighted by atomic mass is 28.4. The predicted octanol–water partition coefficient (Wildman–Crippen LogP) is 13.6. The van der Waals surface area contributed by atoms with Crippen LogP contribution >= 0.6 is 0 Å². The van der Waals surface area contributed by atoms with E-state index in [1.54, 1.807) is 0 Å². The summed E-state index contributed by atoms with van der Waals surface area (Å²) in [4.78, 5) is 0. The topological polar surface area (TPSA) is 47.9 Å². The zero-order valence-corrected chi connectivity index (χ0v) is 38.9. The van der Waals surface area contributed by atoms with Gasteiger partial charge in [0.05, 0.1) is 25.4 Å². The molecule has 0 bridgehead atoms. The van der Waals surface area contributed by atoms with Crippen molar-refractivity contribution in [3.63, 3.8) is 0 Å². The number of benzene rings is 3. The minimum atomic E-state index is -2.28. The third-order valence-corrected chi connectivity index (χ3v) is 24.7. The van der Waals surface area contributed by atoms with Gasteiger partial charge in [0.1, 0.15) is 5.60 Å². The fourth-order valence-corrected chi connectivity index (χ4v) is 20.9. The van der Waals surface area contributed by atoms with Gasteiger partial charge >= 0.3 is 0 Å². The van der Waals surface area contributed by atoms with Crippen LogP contribution in [0.4, 0.5) is 0 Å². The van der Waals surface area contributed by atoms with Gasteiger partial charge in [-0.05, 0) is 68.9 Å². The van der Waals surface area contributed by atoms with Gasteiger partial charge in [-0.15, -0.1) is 0 Å². The van der Waals surface area contributed by atoms with Crippen LogP contribution in [0.5, 0.6) is 0 Å². The van der Waals surface area contributed by atoms with Gasteiger partial charge in [-0.25, -0.2) is 0 Å². The molecule has 6 heteroatoms. The second-order valence-corrected chi connectivity index (χ2v) is 28.5. The molecule has 4 nitrogen and oxygen atoms in total. The Morgan fingerprint density at radius 2 is 0.945 bits per heavy atom. The lowest BCUT2D eigenvalue weighted by atomic mass is 9.80. The Morgan fingerprint density at radius 3 is 1.31 bits per heavy atom. The van der Waals surface area contributed by atoms with Crippen LogP contribution in [0, 0.1) is 5.92 Å². The van der Waals surface area contributed by atoms with Crippen molar-refractivity contribution in [2.24, 2.45) is 5.92 Å². The summed E-state index contributed by atoms with van der Waals surface area (Å²) in [6.07, 6.45) is 6.11. The van der Waals surface area contributed by atoms with Crippen LogP contribution in [0.25, 0.3) is 0 Å². The minimum absolute atomic E-state index is 0.121. The van der Waals surface area contributed by atoms with Gasteiger partial charge in [0.2, 0.25) is 16.6 Å². The van der Waals surface area contributed by atoms with Gasteiger partial charge in [0, 0.05) is 5.92 Å². The van der Waals surface area contributed by atoms with E-state index in [1.165, 1.54) is 0 Å². The molecule has 0 saturated carbocycles. The molecule has 0 amide bonds. The Balaban J connectivity index is 1.92. The first-order valence-corrected chi connectivity index (χ1v) is 25.4. The Labute approximate surface area is 339 Å². The van der Waals surface area contributed by atoms with E-state index in [4.69, 9.17) is 13.6 Å². The summed E-state index contributed by atoms with van der Waals surface area (Å²) in [6, 6.07) is 31.4. The molecule has 0 aliphatic heterocycles. The molecule has 3 atom stereocenters. The van der Waals surface area contributed by atoms with Crippen LogP contribution in [0.1, 0.15) is 120 Å². The first-order chi connectivity index (χ1) is 26.0. The van der Waals surface area contributed by atoms with Gasteiger partial charge in [-0.1, -0.05) is 199 Å². The lowest BCUT2D eigenvalue weighted by Crippen LogP contribution is -2.52. The maximum atomic E-state index is 11.9. The van der Waals surface area contributed by atoms with Crippen molar-refractivity contribution in [1.29, 1.82) is 0 Å². The largest absolute Gasteiger partial charge is 0.412 e. The van der Waals surface area contributed by atoms with E-state index in [-0.39, 0.29) is 12.0 Å². The van der Waals surface area contributed by atoms with Crippen LogP contribution in [0.15, 0.2) is 115 Å². The highest BCUT2D eigenvalue weighted by Gasteiger charge is 2.48. The van der Waals surface area contributed by atoms with Crippen LogP contribution in [0.2, 0.25) is 33.2 Å². The number of rotatable bonds is 22. The summed E-state index contributed by atoms with van der Waals surface area (Å²) >= 11 is 0. The second kappa shape index (κ2) is 21.3. The first kappa shape index (κ1) is 46.8. The molecule has 0 saturated heterocycles. The lowest BCUT2D eigenvalue weighted by Gasteiger charge is -2.46. The maximum Gasteiger partial charge on any atom is 0.201 e. The standard InChI is InChI=1S/C49H76O4Si2/c1-36(2)54(37(3)4,38(5)6)52-35-33-42(13)48(53-55(39(7)8,40(9)10)41(11)12)43(14)47(50)32-24-25-34-51-49(44-26-18-15-19-27-44,45-28-20-16-21-29-45)46-30-22-17-23-31-46/h15-31,33,36-41,43,47-48,50H,32,34-35H2,1-14H3/b25-24+,42-33-/t43-,47-,48-/m0/s1. The molecular weight excluding hydrogens is 709 g/mol. The zero-order valence-electron chi connectivity index (χ0n) is 36.9. The van der Waals surface area contributed by atoms with Crippen molar-refractivity contribution in [3.05, 3.63) is 131 Å². The number of aliphatic hydroxyl groups is 1. The zero-order chi connectivity index (χ0) is 41.0. The molecule has 0 fully saturated rings.